The van der Waals surface area contributed by atoms with Crippen LogP contribution in [0.15, 0.2) is 37.2 Å². The maximum absolute atomic E-state index is 5.53. The molecule has 88 valence electrons. The molecule has 0 saturated heterocycles. The van der Waals surface area contributed by atoms with E-state index in [0.29, 0.717) is 6.04 Å². The van der Waals surface area contributed by atoms with Crippen molar-refractivity contribution in [2.75, 3.05) is 0 Å². The van der Waals surface area contributed by atoms with Gasteiger partial charge in [-0.25, -0.2) is 0 Å². The van der Waals surface area contributed by atoms with Crippen molar-refractivity contribution < 1.29 is 0 Å². The summed E-state index contributed by atoms with van der Waals surface area (Å²) < 4.78 is 0. The summed E-state index contributed by atoms with van der Waals surface area (Å²) in [6.45, 7) is 3.72. The molecule has 0 spiro atoms. The van der Waals surface area contributed by atoms with Crippen LogP contribution in [-0.4, -0.2) is 11.0 Å². The molecule has 1 unspecified atom stereocenters. The summed E-state index contributed by atoms with van der Waals surface area (Å²) in [5.74, 6) is 5.53. The molecule has 0 amide bonds. The third-order valence-corrected chi connectivity index (χ3v) is 2.73. The van der Waals surface area contributed by atoms with E-state index in [2.05, 4.69) is 29.1 Å². The normalized spacial score (nSPS) is 12.3. The van der Waals surface area contributed by atoms with Crippen LogP contribution in [0.3, 0.4) is 0 Å². The van der Waals surface area contributed by atoms with Gasteiger partial charge in [-0.3, -0.25) is 16.3 Å². The van der Waals surface area contributed by atoms with Gasteiger partial charge in [0.2, 0.25) is 0 Å². The largest absolute Gasteiger partial charge is 0.271 e. The van der Waals surface area contributed by atoms with Crippen LogP contribution in [0.4, 0.5) is 0 Å². The van der Waals surface area contributed by atoms with Gasteiger partial charge < -0.3 is 0 Å². The van der Waals surface area contributed by atoms with Crippen molar-refractivity contribution in [3.05, 3.63) is 42.7 Å². The molecule has 0 fully saturated rings. The van der Waals surface area contributed by atoms with Crippen LogP contribution in [0.5, 0.6) is 0 Å². The van der Waals surface area contributed by atoms with Gasteiger partial charge in [-0.2, -0.15) is 0 Å². The number of hydrazine groups is 1. The predicted molar refractivity (Wildman–Crippen MR) is 67.7 cm³/mol. The maximum Gasteiger partial charge on any atom is 0.0270 e. The summed E-state index contributed by atoms with van der Waals surface area (Å²) >= 11 is 0. The zero-order valence-corrected chi connectivity index (χ0v) is 9.73. The molecule has 3 N–H and O–H groups in total. The van der Waals surface area contributed by atoms with Crippen molar-refractivity contribution >= 4 is 0 Å². The summed E-state index contributed by atoms with van der Waals surface area (Å²) in [5, 5.41) is 0. The molecule has 16 heavy (non-hydrogen) atoms. The molecular formula is C13H21N3. The fourth-order valence-corrected chi connectivity index (χ4v) is 1.71. The SMILES string of the molecule is C=CCCCC(CCc1ccncc1)NN. The molecule has 1 atom stereocenters. The number of hydrogen-bond donors (Lipinski definition) is 2. The number of unbranched alkanes of at least 4 members (excludes halogenated alkanes) is 1. The van der Waals surface area contributed by atoms with E-state index in [0.717, 1.165) is 32.1 Å². The number of nitrogens with two attached hydrogens (primary N) is 1. The monoisotopic (exact) mass is 219 g/mol. The van der Waals surface area contributed by atoms with Gasteiger partial charge in [0.05, 0.1) is 0 Å². The summed E-state index contributed by atoms with van der Waals surface area (Å²) in [5.41, 5.74) is 4.20. The first-order chi connectivity index (χ1) is 7.86. The fourth-order valence-electron chi connectivity index (χ4n) is 1.71. The van der Waals surface area contributed by atoms with Crippen LogP contribution in [0.1, 0.15) is 31.2 Å². The van der Waals surface area contributed by atoms with Gasteiger partial charge in [0.15, 0.2) is 0 Å². The number of hydrogen-bond acceptors (Lipinski definition) is 3. The summed E-state index contributed by atoms with van der Waals surface area (Å²) in [7, 11) is 0. The molecule has 0 saturated carbocycles. The molecule has 0 aliphatic heterocycles. The fraction of sp³-hybridized carbons (Fsp3) is 0.462. The molecule has 1 aromatic rings. The molecule has 3 heteroatoms. The highest BCUT2D eigenvalue weighted by atomic mass is 15.2. The van der Waals surface area contributed by atoms with Gasteiger partial charge >= 0.3 is 0 Å². The lowest BCUT2D eigenvalue weighted by Gasteiger charge is -2.15. The first-order valence-electron chi connectivity index (χ1n) is 5.82. The van der Waals surface area contributed by atoms with E-state index >= 15 is 0 Å². The van der Waals surface area contributed by atoms with Gasteiger partial charge in [0, 0.05) is 18.4 Å². The van der Waals surface area contributed by atoms with Gasteiger partial charge in [-0.1, -0.05) is 6.08 Å². The van der Waals surface area contributed by atoms with Gasteiger partial charge in [0.25, 0.3) is 0 Å². The summed E-state index contributed by atoms with van der Waals surface area (Å²) in [4.78, 5) is 4.00. The quantitative estimate of drug-likeness (QED) is 0.305. The maximum atomic E-state index is 5.53. The molecular weight excluding hydrogens is 198 g/mol. The Labute approximate surface area is 97.7 Å². The third kappa shape index (κ3) is 5.05. The molecule has 3 nitrogen and oxygen atoms in total. The lowest BCUT2D eigenvalue weighted by molar-refractivity contribution is 0.453. The van der Waals surface area contributed by atoms with Crippen LogP contribution in [0, 0.1) is 0 Å². The standard InChI is InChI=1S/C13H21N3/c1-2-3-4-5-13(16-14)7-6-12-8-10-15-11-9-12/h2,8-11,13,16H,1,3-7,14H2. The molecule has 1 aromatic heterocycles. The molecule has 0 bridgehead atoms. The van der Waals surface area contributed by atoms with Crippen molar-refractivity contribution in [2.45, 2.75) is 38.1 Å². The average Bonchev–Trinajstić information content (AvgIpc) is 2.35. The topological polar surface area (TPSA) is 50.9 Å². The Morgan fingerprint density at radius 3 is 2.75 bits per heavy atom. The smallest absolute Gasteiger partial charge is 0.0270 e. The van der Waals surface area contributed by atoms with Gasteiger partial charge in [-0.15, -0.1) is 6.58 Å². The second-order valence-electron chi connectivity index (χ2n) is 3.98. The summed E-state index contributed by atoms with van der Waals surface area (Å²) in [6, 6.07) is 4.50. The average molecular weight is 219 g/mol. The lowest BCUT2D eigenvalue weighted by Crippen LogP contribution is -2.35. The second kappa shape index (κ2) is 8.02. The van der Waals surface area contributed by atoms with Gasteiger partial charge in [-0.05, 0) is 49.8 Å². The van der Waals surface area contributed by atoms with E-state index in [1.54, 1.807) is 0 Å². The van der Waals surface area contributed by atoms with E-state index in [-0.39, 0.29) is 0 Å². The van der Waals surface area contributed by atoms with Crippen LogP contribution in [-0.2, 0) is 6.42 Å². The molecule has 0 radical (unpaired) electrons. The number of nitrogens with one attached hydrogen (secondary N) is 1. The minimum Gasteiger partial charge on any atom is -0.271 e. The highest BCUT2D eigenvalue weighted by Gasteiger charge is 2.05. The van der Waals surface area contributed by atoms with Crippen molar-refractivity contribution in [1.82, 2.24) is 10.4 Å². The van der Waals surface area contributed by atoms with Crippen LogP contribution >= 0.6 is 0 Å². The predicted octanol–water partition coefficient (Wildman–Crippen LogP) is 2.20. The number of allylic oxidation sites excluding steroid dienone is 1. The second-order valence-corrected chi connectivity index (χ2v) is 3.98. The molecule has 1 rings (SSSR count). The Bertz CT molecular complexity index is 284. The van der Waals surface area contributed by atoms with E-state index in [4.69, 9.17) is 5.84 Å². The lowest BCUT2D eigenvalue weighted by atomic mass is 10.0. The van der Waals surface area contributed by atoms with Crippen LogP contribution in [0.2, 0.25) is 0 Å². The molecule has 1 heterocycles. The highest BCUT2D eigenvalue weighted by molar-refractivity contribution is 5.09. The number of aryl methyl sites for hydroxylation is 1. The van der Waals surface area contributed by atoms with Crippen molar-refractivity contribution in [2.24, 2.45) is 5.84 Å². The van der Waals surface area contributed by atoms with E-state index < -0.39 is 0 Å². The Kier molecular flexibility index (Phi) is 6.45. The van der Waals surface area contributed by atoms with E-state index in [1.807, 2.05) is 18.5 Å². The minimum absolute atomic E-state index is 0.396. The van der Waals surface area contributed by atoms with Crippen LogP contribution < -0.4 is 11.3 Å². The first kappa shape index (κ1) is 12.9. The Morgan fingerprint density at radius 1 is 1.38 bits per heavy atom. The number of nitrogens with zero attached hydrogens (tertiary/aromatic N) is 1. The van der Waals surface area contributed by atoms with Crippen molar-refractivity contribution in [3.63, 3.8) is 0 Å². The van der Waals surface area contributed by atoms with Crippen molar-refractivity contribution in [1.29, 1.82) is 0 Å². The first-order valence-corrected chi connectivity index (χ1v) is 5.82. The van der Waals surface area contributed by atoms with E-state index in [9.17, 15) is 0 Å². The zero-order chi connectivity index (χ0) is 11.6. The van der Waals surface area contributed by atoms with Crippen molar-refractivity contribution in [3.8, 4) is 0 Å². The van der Waals surface area contributed by atoms with Gasteiger partial charge in [0.1, 0.15) is 0 Å². The minimum atomic E-state index is 0.396. The number of rotatable bonds is 8. The highest BCUT2D eigenvalue weighted by Crippen LogP contribution is 2.09. The zero-order valence-electron chi connectivity index (χ0n) is 9.73. The Balaban J connectivity index is 2.25. The number of pyridine rings is 1. The molecule has 0 aliphatic carbocycles. The van der Waals surface area contributed by atoms with Crippen LogP contribution in [0.25, 0.3) is 0 Å². The Morgan fingerprint density at radius 2 is 2.12 bits per heavy atom. The third-order valence-electron chi connectivity index (χ3n) is 2.73. The molecule has 0 aromatic carbocycles. The Hall–Kier alpha value is -1.19. The van der Waals surface area contributed by atoms with E-state index in [1.165, 1.54) is 5.56 Å². The number of aromatic nitrogens is 1. The summed E-state index contributed by atoms with van der Waals surface area (Å²) in [6.07, 6.45) is 11.0. The molecule has 0 aliphatic rings.